The summed E-state index contributed by atoms with van der Waals surface area (Å²) >= 11 is 11.4. The molecule has 0 aliphatic carbocycles. The Hall–Kier alpha value is -11.1. The molecule has 1 saturated heterocycles. The van der Waals surface area contributed by atoms with E-state index in [0.717, 1.165) is 76.8 Å². The first kappa shape index (κ1) is 76.5. The number of halogens is 7. The molecule has 0 atom stereocenters. The quantitative estimate of drug-likeness (QED) is 0.0302. The number of hydrogen-bond donors (Lipinski definition) is 9. The van der Waals surface area contributed by atoms with Gasteiger partial charge in [0.25, 0.3) is 0 Å². The number of aliphatic hydroxyl groups is 2. The van der Waals surface area contributed by atoms with Gasteiger partial charge in [-0.3, -0.25) is 0 Å². The second-order valence-electron chi connectivity index (χ2n) is 21.2. The minimum atomic E-state index is -4.58. The molecule has 0 bridgehead atoms. The number of methoxy groups -OCH3 is 6. The number of phenolic OH excluding ortho intramolecular Hbond substituents is 2. The third kappa shape index (κ3) is 20.6. The molecule has 0 unspecified atom stereocenters. The fraction of sp³-hybridized carbons (Fsp3) is 0.212. The number of hydrogen-bond acceptors (Lipinski definition) is 32. The number of benzene rings is 4. The maximum atomic E-state index is 12.8. The molecular formula is C66H61ClF6N18O10S4. The van der Waals surface area contributed by atoms with Crippen molar-refractivity contribution in [1.29, 1.82) is 0 Å². The van der Waals surface area contributed by atoms with Crippen molar-refractivity contribution in [2.75, 3.05) is 95.0 Å². The molecule has 9 heterocycles. The fourth-order valence-corrected chi connectivity index (χ4v) is 12.8. The Bertz CT molecular complexity index is 4700. The largest absolute Gasteiger partial charge is 0.508 e. The highest BCUT2D eigenvalue weighted by Crippen LogP contribution is 2.43. The molecule has 12 aromatic rings. The summed E-state index contributed by atoms with van der Waals surface area (Å²) in [5, 5.41) is 57.6. The molecule has 28 nitrogen and oxygen atoms in total. The van der Waals surface area contributed by atoms with Crippen LogP contribution in [0.25, 0.3) is 42.8 Å². The van der Waals surface area contributed by atoms with E-state index in [9.17, 15) is 36.6 Å². The summed E-state index contributed by atoms with van der Waals surface area (Å²) in [6.07, 6.45) is 2.08. The lowest BCUT2D eigenvalue weighted by Crippen LogP contribution is -2.43. The van der Waals surface area contributed by atoms with E-state index in [0.29, 0.717) is 106 Å². The Kier molecular flexibility index (Phi) is 25.8. The molecule has 0 saturated carbocycles. The molecule has 0 radical (unpaired) electrons. The smallest absolute Gasteiger partial charge is 0.416 e. The molecular weight excluding hydrogens is 1480 g/mol. The highest BCUT2D eigenvalue weighted by Gasteiger charge is 2.33. The molecule has 1 aliphatic rings. The highest BCUT2D eigenvalue weighted by molar-refractivity contribution is 7.19. The maximum Gasteiger partial charge on any atom is 0.416 e. The van der Waals surface area contributed by atoms with Crippen LogP contribution in [0, 0.1) is 0 Å². The Balaban J connectivity index is 0.000000151. The summed E-state index contributed by atoms with van der Waals surface area (Å²) in [7, 11) is 9.41. The van der Waals surface area contributed by atoms with Gasteiger partial charge in [-0.1, -0.05) is 22.9 Å². The molecule has 0 spiro atoms. The van der Waals surface area contributed by atoms with Crippen molar-refractivity contribution >= 4 is 108 Å². The summed E-state index contributed by atoms with van der Waals surface area (Å²) in [5.41, 5.74) is 2.31. The van der Waals surface area contributed by atoms with Crippen molar-refractivity contribution < 1.29 is 75.2 Å². The summed E-state index contributed by atoms with van der Waals surface area (Å²) in [6.45, 7) is 3.61. The summed E-state index contributed by atoms with van der Waals surface area (Å²) in [5.74, 6) is 3.15. The third-order valence-corrected chi connectivity index (χ3v) is 18.3. The molecule has 1 aliphatic heterocycles. The lowest BCUT2D eigenvalue weighted by molar-refractivity contribution is -0.138. The Morgan fingerprint density at radius 3 is 1.22 bits per heavy atom. The number of nitrogens with zero attached hydrogens (tertiary/aromatic N) is 13. The Morgan fingerprint density at radius 2 is 0.857 bits per heavy atom. The number of alkyl halides is 6. The van der Waals surface area contributed by atoms with Crippen molar-refractivity contribution in [2.45, 2.75) is 25.6 Å². The first-order valence-electron chi connectivity index (χ1n) is 30.5. The van der Waals surface area contributed by atoms with E-state index >= 15 is 0 Å². The minimum absolute atomic E-state index is 0.000314. The lowest BCUT2D eigenvalue weighted by atomic mass is 10.2. The van der Waals surface area contributed by atoms with E-state index in [1.807, 2.05) is 24.4 Å². The lowest BCUT2D eigenvalue weighted by Gasteiger charge is -2.27. The van der Waals surface area contributed by atoms with E-state index in [-0.39, 0.29) is 36.5 Å². The zero-order valence-corrected chi connectivity index (χ0v) is 59.8. The molecule has 4 aromatic carbocycles. The van der Waals surface area contributed by atoms with Crippen LogP contribution in [0.3, 0.4) is 0 Å². The summed E-state index contributed by atoms with van der Waals surface area (Å²) in [6, 6.07) is 19.2. The third-order valence-electron chi connectivity index (χ3n) is 14.2. The van der Waals surface area contributed by atoms with Crippen LogP contribution in [-0.2, 0) is 25.6 Å². The monoisotopic (exact) mass is 1540 g/mol. The van der Waals surface area contributed by atoms with Crippen molar-refractivity contribution in [3.05, 3.63) is 160 Å². The maximum absolute atomic E-state index is 12.8. The van der Waals surface area contributed by atoms with Crippen LogP contribution >= 0.6 is 56.9 Å². The number of rotatable bonds is 21. The first-order chi connectivity index (χ1) is 50.5. The van der Waals surface area contributed by atoms with Gasteiger partial charge in [-0.05, 0) is 48.5 Å². The number of ether oxygens (including phenoxy) is 6. The number of nitrogens with one attached hydrogen (secondary N) is 5. The van der Waals surface area contributed by atoms with E-state index < -0.39 is 35.0 Å². The average Bonchev–Trinajstić information content (AvgIpc) is 1.21. The predicted molar refractivity (Wildman–Crippen MR) is 386 cm³/mol. The van der Waals surface area contributed by atoms with Crippen LogP contribution in [0.1, 0.15) is 21.7 Å². The number of thiazole rings is 4. The number of aromatic hydroxyl groups is 2. The summed E-state index contributed by atoms with van der Waals surface area (Å²) in [4.78, 5) is 54.0. The van der Waals surface area contributed by atoms with Gasteiger partial charge >= 0.3 is 12.4 Å². The Labute approximate surface area is 614 Å². The molecule has 105 heavy (non-hydrogen) atoms. The van der Waals surface area contributed by atoms with Gasteiger partial charge in [-0.2, -0.15) is 26.3 Å². The Morgan fingerprint density at radius 1 is 0.467 bits per heavy atom. The zero-order chi connectivity index (χ0) is 74.8. The van der Waals surface area contributed by atoms with Gasteiger partial charge in [-0.25, -0.2) is 59.8 Å². The van der Waals surface area contributed by atoms with Crippen LogP contribution < -0.4 is 59.9 Å². The SMILES string of the molecule is COc1cc(Nc2nccc(-c3ncc(Cl)s3)n2)cc(OC)c1OC.COc1cc(Nc2nccc(-c3ncc(N4CCNCC4)s3)n2)cc(OC)c1OC.OCc1cnc(-c2ccnc(Nc3cc(O)cc(C(F)(F)F)c3)n2)s1.OCc1csc(-c2ccnc(Nc3cc(O)cc(C(F)(F)F)c3)n2)n1. The molecule has 9 N–H and O–H groups in total. The van der Waals surface area contributed by atoms with E-state index in [1.54, 1.807) is 108 Å². The van der Waals surface area contributed by atoms with Crippen LogP contribution in [0.4, 0.5) is 77.9 Å². The second-order valence-corrected chi connectivity index (χ2v) is 25.9. The number of aromatic nitrogens is 12. The molecule has 39 heteroatoms. The predicted octanol–water partition coefficient (Wildman–Crippen LogP) is 13.9. The number of phenols is 2. The van der Waals surface area contributed by atoms with Crippen LogP contribution in [0.15, 0.2) is 134 Å². The minimum Gasteiger partial charge on any atom is -0.508 e. The van der Waals surface area contributed by atoms with Crippen molar-refractivity contribution in [3.63, 3.8) is 0 Å². The molecule has 0 amide bonds. The van der Waals surface area contributed by atoms with E-state index in [2.05, 4.69) is 91.3 Å². The average molecular weight is 1540 g/mol. The van der Waals surface area contributed by atoms with Gasteiger partial charge in [0.2, 0.25) is 35.3 Å². The van der Waals surface area contributed by atoms with Crippen LogP contribution in [0.2, 0.25) is 4.34 Å². The van der Waals surface area contributed by atoms with E-state index in [1.165, 1.54) is 52.6 Å². The normalized spacial score (nSPS) is 11.9. The number of anilines is 9. The second kappa shape index (κ2) is 35.4. The van der Waals surface area contributed by atoms with Crippen LogP contribution in [-0.4, -0.2) is 149 Å². The van der Waals surface area contributed by atoms with Gasteiger partial charge in [0, 0.05) is 122 Å². The molecule has 8 aromatic heterocycles. The van der Waals surface area contributed by atoms with Crippen molar-refractivity contribution in [2.24, 2.45) is 0 Å². The zero-order valence-electron chi connectivity index (χ0n) is 55.8. The van der Waals surface area contributed by atoms with Gasteiger partial charge < -0.3 is 80.3 Å². The van der Waals surface area contributed by atoms with Gasteiger partial charge in [0.05, 0.1) is 90.0 Å². The van der Waals surface area contributed by atoms with Crippen molar-refractivity contribution in [1.82, 2.24) is 65.1 Å². The highest BCUT2D eigenvalue weighted by atomic mass is 35.5. The van der Waals surface area contributed by atoms with Crippen molar-refractivity contribution in [3.8, 4) is 88.8 Å². The standard InChI is InChI=1S/C20H24N6O3S.C16H15ClN4O3S.2C15H11F3N4O2S/c1-27-15-10-13(11-16(28-2)18(15)29-3)24-20-22-5-4-14(25-20)19-23-12-17(30-19)26-8-6-21-7-9-26;1-22-11-6-9(7-12(23-2)14(11)24-3)20-16-18-5-4-10(21-16)15-19-8-13(17)25-15;16-15(17,18)8-3-9(5-11(24)4-8)21-14-19-2-1-12(22-14)13-20-10(6-23)7-25-13;16-15(17,18)8-3-9(5-10(24)4-8)21-14-19-2-1-12(22-14)13-20-6-11(7-23)25-13/h4-5,10-12,21H,6-9H2,1-3H3,(H,22,24,25);4-8H,1-3H3,(H,18,20,21);1-5,7,23-24H,6H2,(H,19,21,22);1-6,23-24H,7H2,(H,19,21,22). The van der Waals surface area contributed by atoms with Gasteiger partial charge in [0.1, 0.15) is 63.6 Å². The van der Waals surface area contributed by atoms with Gasteiger partial charge in [-0.15, -0.1) is 34.0 Å². The molecule has 548 valence electrons. The van der Waals surface area contributed by atoms with Crippen LogP contribution in [0.5, 0.6) is 46.0 Å². The van der Waals surface area contributed by atoms with Gasteiger partial charge in [0.15, 0.2) is 23.0 Å². The summed E-state index contributed by atoms with van der Waals surface area (Å²) < 4.78 is 110. The first-order valence-corrected chi connectivity index (χ1v) is 34.2. The number of piperazine rings is 1. The van der Waals surface area contributed by atoms with E-state index in [4.69, 9.17) is 50.2 Å². The fourth-order valence-electron chi connectivity index (χ4n) is 9.45. The molecule has 13 rings (SSSR count). The molecule has 1 fully saturated rings. The topological polar surface area (TPSA) is 354 Å². The number of aliphatic hydroxyl groups excluding tert-OH is 2.